The van der Waals surface area contributed by atoms with Gasteiger partial charge in [-0.1, -0.05) is 18.5 Å². The van der Waals surface area contributed by atoms with E-state index in [1.54, 1.807) is 6.92 Å². The summed E-state index contributed by atoms with van der Waals surface area (Å²) in [5.41, 5.74) is 0.526. The van der Waals surface area contributed by atoms with Crippen LogP contribution in [0.5, 0.6) is 5.75 Å². The number of ether oxygens (including phenoxy) is 1. The van der Waals surface area contributed by atoms with Gasteiger partial charge in [0.2, 0.25) is 0 Å². The van der Waals surface area contributed by atoms with Crippen LogP contribution in [0.3, 0.4) is 0 Å². The minimum Gasteiger partial charge on any atom is -0.406 e. The van der Waals surface area contributed by atoms with Crippen molar-refractivity contribution in [3.05, 3.63) is 35.7 Å². The first kappa shape index (κ1) is 12.2. The molecule has 1 aromatic carbocycles. The summed E-state index contributed by atoms with van der Waals surface area (Å²) < 4.78 is 39.5. The molecule has 0 aliphatic heterocycles. The lowest BCUT2D eigenvalue weighted by Crippen LogP contribution is -2.17. The van der Waals surface area contributed by atoms with Gasteiger partial charge in [0.15, 0.2) is 0 Å². The number of halogens is 4. The van der Waals surface area contributed by atoms with E-state index in [4.69, 9.17) is 11.6 Å². The first-order chi connectivity index (χ1) is 6.79. The van der Waals surface area contributed by atoms with Gasteiger partial charge in [-0.3, -0.25) is 0 Å². The zero-order chi connectivity index (χ0) is 11.6. The number of hydrogen-bond donors (Lipinski definition) is 0. The van der Waals surface area contributed by atoms with Gasteiger partial charge in [0.1, 0.15) is 5.75 Å². The Morgan fingerprint density at radius 2 is 2.00 bits per heavy atom. The van der Waals surface area contributed by atoms with Crippen molar-refractivity contribution in [1.82, 2.24) is 0 Å². The Morgan fingerprint density at radius 1 is 1.40 bits per heavy atom. The van der Waals surface area contributed by atoms with Gasteiger partial charge in [0.05, 0.1) is 0 Å². The number of benzene rings is 1. The second kappa shape index (κ2) is 4.31. The Labute approximate surface area is 90.8 Å². The van der Waals surface area contributed by atoms with E-state index in [0.717, 1.165) is 0 Å². The quantitative estimate of drug-likeness (QED) is 0.750. The standard InChI is InChI=1S/C10H9ClF3O/c1-6(2)8-5-7(3-4-9(8)11)15-10(12,13)14/h3-6H,1H2,2H3. The maximum Gasteiger partial charge on any atom is 0.573 e. The van der Waals surface area contributed by atoms with Gasteiger partial charge >= 0.3 is 6.36 Å². The molecule has 0 heterocycles. The molecule has 83 valence electrons. The van der Waals surface area contributed by atoms with Gasteiger partial charge in [0, 0.05) is 5.02 Å². The van der Waals surface area contributed by atoms with Crippen LogP contribution in [0, 0.1) is 6.92 Å². The maximum absolute atomic E-state index is 11.9. The van der Waals surface area contributed by atoms with Gasteiger partial charge in [-0.2, -0.15) is 0 Å². The molecule has 1 nitrogen and oxygen atoms in total. The fraction of sp³-hybridized carbons (Fsp3) is 0.300. The van der Waals surface area contributed by atoms with E-state index >= 15 is 0 Å². The van der Waals surface area contributed by atoms with E-state index in [0.29, 0.717) is 10.6 Å². The van der Waals surface area contributed by atoms with Crippen molar-refractivity contribution in [2.75, 3.05) is 0 Å². The van der Waals surface area contributed by atoms with Crippen LogP contribution in [-0.4, -0.2) is 6.36 Å². The van der Waals surface area contributed by atoms with Crippen molar-refractivity contribution in [3.63, 3.8) is 0 Å². The Balaban J connectivity index is 2.98. The summed E-state index contributed by atoms with van der Waals surface area (Å²) in [4.78, 5) is 0. The molecule has 0 aliphatic carbocycles. The fourth-order valence-electron chi connectivity index (χ4n) is 1.10. The average molecular weight is 238 g/mol. The van der Waals surface area contributed by atoms with Crippen molar-refractivity contribution in [2.45, 2.75) is 19.2 Å². The Morgan fingerprint density at radius 3 is 2.47 bits per heavy atom. The molecule has 5 heteroatoms. The van der Waals surface area contributed by atoms with Gasteiger partial charge in [-0.15, -0.1) is 13.2 Å². The zero-order valence-electron chi connectivity index (χ0n) is 7.94. The third-order valence-electron chi connectivity index (χ3n) is 1.73. The van der Waals surface area contributed by atoms with Crippen LogP contribution in [0.15, 0.2) is 18.2 Å². The molecule has 15 heavy (non-hydrogen) atoms. The second-order valence-corrected chi connectivity index (χ2v) is 3.54. The number of alkyl halides is 3. The molecule has 1 atom stereocenters. The highest BCUT2D eigenvalue weighted by Gasteiger charge is 2.31. The van der Waals surface area contributed by atoms with E-state index in [9.17, 15) is 13.2 Å². The molecule has 1 aromatic rings. The topological polar surface area (TPSA) is 9.23 Å². The van der Waals surface area contributed by atoms with Crippen LogP contribution in [0.2, 0.25) is 5.02 Å². The molecule has 0 saturated heterocycles. The van der Waals surface area contributed by atoms with Crippen LogP contribution >= 0.6 is 11.6 Å². The predicted octanol–water partition coefficient (Wildman–Crippen LogP) is 4.18. The summed E-state index contributed by atoms with van der Waals surface area (Å²) in [5, 5.41) is 0.382. The summed E-state index contributed by atoms with van der Waals surface area (Å²) in [6.07, 6.45) is -4.69. The molecule has 0 amide bonds. The van der Waals surface area contributed by atoms with Crippen LogP contribution in [-0.2, 0) is 0 Å². The minimum absolute atomic E-state index is 0.200. The van der Waals surface area contributed by atoms with Crippen molar-refractivity contribution in [2.24, 2.45) is 0 Å². The third kappa shape index (κ3) is 3.63. The third-order valence-corrected chi connectivity index (χ3v) is 2.08. The number of hydrogen-bond acceptors (Lipinski definition) is 1. The van der Waals surface area contributed by atoms with E-state index in [1.165, 1.54) is 18.2 Å². The summed E-state index contributed by atoms with van der Waals surface area (Å²) in [7, 11) is 0. The lowest BCUT2D eigenvalue weighted by atomic mass is 10.0. The highest BCUT2D eigenvalue weighted by atomic mass is 35.5. The summed E-state index contributed by atoms with van der Waals surface area (Å²) in [5.74, 6) is -0.480. The fourth-order valence-corrected chi connectivity index (χ4v) is 1.40. The van der Waals surface area contributed by atoms with Crippen LogP contribution in [0.4, 0.5) is 13.2 Å². The van der Waals surface area contributed by atoms with Crippen molar-refractivity contribution in [1.29, 1.82) is 0 Å². The molecule has 0 spiro atoms. The van der Waals surface area contributed by atoms with Crippen molar-refractivity contribution in [3.8, 4) is 5.75 Å². The zero-order valence-corrected chi connectivity index (χ0v) is 8.69. The normalized spacial score (nSPS) is 11.9. The van der Waals surface area contributed by atoms with E-state index in [1.807, 2.05) is 0 Å². The van der Waals surface area contributed by atoms with Crippen LogP contribution < -0.4 is 4.74 Å². The smallest absolute Gasteiger partial charge is 0.406 e. The molecule has 0 N–H and O–H groups in total. The maximum atomic E-state index is 11.9. The largest absolute Gasteiger partial charge is 0.573 e. The van der Waals surface area contributed by atoms with Gasteiger partial charge in [0.25, 0.3) is 0 Å². The Bertz CT molecular complexity index is 347. The lowest BCUT2D eigenvalue weighted by Gasteiger charge is -2.12. The van der Waals surface area contributed by atoms with Crippen molar-refractivity contribution >= 4 is 11.6 Å². The van der Waals surface area contributed by atoms with E-state index in [-0.39, 0.29) is 11.7 Å². The molecule has 0 fully saturated rings. The molecule has 1 radical (unpaired) electrons. The second-order valence-electron chi connectivity index (χ2n) is 3.13. The summed E-state index contributed by atoms with van der Waals surface area (Å²) in [6, 6.07) is 3.77. The van der Waals surface area contributed by atoms with Gasteiger partial charge in [-0.25, -0.2) is 0 Å². The highest BCUT2D eigenvalue weighted by Crippen LogP contribution is 2.30. The molecule has 0 saturated carbocycles. The summed E-state index contributed by atoms with van der Waals surface area (Å²) in [6.45, 7) is 5.42. The Hall–Kier alpha value is -0.900. The number of rotatable bonds is 2. The first-order valence-electron chi connectivity index (χ1n) is 4.18. The first-order valence-corrected chi connectivity index (χ1v) is 4.55. The van der Waals surface area contributed by atoms with Gasteiger partial charge in [-0.05, 0) is 36.6 Å². The molecular weight excluding hydrogens is 229 g/mol. The SMILES string of the molecule is [CH2]C(C)c1cc(OC(F)(F)F)ccc1Cl. The van der Waals surface area contributed by atoms with Crippen LogP contribution in [0.1, 0.15) is 18.4 Å². The monoisotopic (exact) mass is 237 g/mol. The average Bonchev–Trinajstić information content (AvgIpc) is 2.05. The van der Waals surface area contributed by atoms with E-state index < -0.39 is 6.36 Å². The lowest BCUT2D eigenvalue weighted by molar-refractivity contribution is -0.274. The summed E-state index contributed by atoms with van der Waals surface area (Å²) >= 11 is 5.79. The molecule has 1 unspecified atom stereocenters. The van der Waals surface area contributed by atoms with Gasteiger partial charge < -0.3 is 4.74 Å². The predicted molar refractivity (Wildman–Crippen MR) is 51.9 cm³/mol. The molecular formula is C10H9ClF3O. The molecule has 0 aromatic heterocycles. The molecule has 0 bridgehead atoms. The molecule has 0 aliphatic rings. The van der Waals surface area contributed by atoms with E-state index in [2.05, 4.69) is 11.7 Å². The van der Waals surface area contributed by atoms with Crippen LogP contribution in [0.25, 0.3) is 0 Å². The highest BCUT2D eigenvalue weighted by molar-refractivity contribution is 6.31. The van der Waals surface area contributed by atoms with Crippen molar-refractivity contribution < 1.29 is 17.9 Å². The Kier molecular flexibility index (Phi) is 3.50. The molecule has 1 rings (SSSR count). The minimum atomic E-state index is -4.69.